The van der Waals surface area contributed by atoms with E-state index >= 15 is 0 Å². The van der Waals surface area contributed by atoms with Crippen molar-refractivity contribution < 1.29 is 27.4 Å². The SMILES string of the molecule is COc1ccccc1OC1CN(C(=O)c2ccc(CS(=O)(=O)c3cccc4cccnc34)cc2OC)C1. The molecule has 9 heteroatoms. The minimum absolute atomic E-state index is 0.148. The van der Waals surface area contributed by atoms with Gasteiger partial charge in [-0.2, -0.15) is 0 Å². The Bertz CT molecular complexity index is 1560. The molecule has 1 aliphatic heterocycles. The minimum Gasteiger partial charge on any atom is -0.496 e. The topological polar surface area (TPSA) is 95.0 Å². The van der Waals surface area contributed by atoms with Crippen molar-refractivity contribution in [1.29, 1.82) is 0 Å². The summed E-state index contributed by atoms with van der Waals surface area (Å²) in [5.41, 5.74) is 1.32. The molecule has 2 heterocycles. The van der Waals surface area contributed by atoms with Crippen LogP contribution in [0.1, 0.15) is 15.9 Å². The summed E-state index contributed by atoms with van der Waals surface area (Å²) in [6, 6.07) is 20.9. The van der Waals surface area contributed by atoms with E-state index < -0.39 is 9.84 Å². The van der Waals surface area contributed by atoms with Crippen LogP contribution in [0, 0.1) is 0 Å². The van der Waals surface area contributed by atoms with Crippen LogP contribution < -0.4 is 14.2 Å². The number of amides is 1. The summed E-state index contributed by atoms with van der Waals surface area (Å²) in [5, 5.41) is 0.754. The second-order valence-corrected chi connectivity index (χ2v) is 10.7. The van der Waals surface area contributed by atoms with Crippen LogP contribution in [0.4, 0.5) is 0 Å². The van der Waals surface area contributed by atoms with Crippen molar-refractivity contribution in [2.45, 2.75) is 16.8 Å². The first-order valence-electron chi connectivity index (χ1n) is 11.7. The molecule has 1 aliphatic rings. The first-order chi connectivity index (χ1) is 17.9. The van der Waals surface area contributed by atoms with Crippen molar-refractivity contribution in [3.05, 3.63) is 90.1 Å². The van der Waals surface area contributed by atoms with E-state index in [-0.39, 0.29) is 22.7 Å². The molecule has 37 heavy (non-hydrogen) atoms. The monoisotopic (exact) mass is 518 g/mol. The van der Waals surface area contributed by atoms with Gasteiger partial charge in [0.2, 0.25) is 0 Å². The number of hydrogen-bond donors (Lipinski definition) is 0. The Hall–Kier alpha value is -4.11. The summed E-state index contributed by atoms with van der Waals surface area (Å²) in [6.07, 6.45) is 1.43. The molecule has 5 rings (SSSR count). The number of sulfone groups is 1. The minimum atomic E-state index is -3.69. The lowest BCUT2D eigenvalue weighted by Gasteiger charge is -2.39. The molecular weight excluding hydrogens is 492 g/mol. The van der Waals surface area contributed by atoms with Gasteiger partial charge in [0.25, 0.3) is 5.91 Å². The van der Waals surface area contributed by atoms with E-state index in [1.165, 1.54) is 7.11 Å². The van der Waals surface area contributed by atoms with Crippen molar-refractivity contribution in [1.82, 2.24) is 9.88 Å². The fourth-order valence-electron chi connectivity index (χ4n) is 4.37. The molecule has 0 aliphatic carbocycles. The van der Waals surface area contributed by atoms with E-state index in [0.29, 0.717) is 47.0 Å². The first-order valence-corrected chi connectivity index (χ1v) is 13.4. The quantitative estimate of drug-likeness (QED) is 0.346. The van der Waals surface area contributed by atoms with Gasteiger partial charge in [-0.15, -0.1) is 0 Å². The fraction of sp³-hybridized carbons (Fsp3) is 0.214. The van der Waals surface area contributed by atoms with Gasteiger partial charge in [-0.3, -0.25) is 9.78 Å². The molecule has 3 aromatic carbocycles. The van der Waals surface area contributed by atoms with E-state index in [1.807, 2.05) is 36.4 Å². The molecular formula is C28H26N2O6S. The van der Waals surface area contributed by atoms with Crippen molar-refractivity contribution in [2.75, 3.05) is 27.3 Å². The van der Waals surface area contributed by atoms with E-state index in [4.69, 9.17) is 14.2 Å². The Kier molecular flexibility index (Phi) is 6.71. The standard InChI is InChI=1S/C28H26N2O6S/c1-34-23-9-3-4-10-24(23)36-21-16-30(17-21)28(31)22-13-12-19(15-25(22)35-2)18-37(32,33)26-11-5-7-20-8-6-14-29-27(20)26/h3-15,21H,16-18H2,1-2H3. The Morgan fingerprint density at radius 3 is 2.41 bits per heavy atom. The first kappa shape index (κ1) is 24.6. The summed E-state index contributed by atoms with van der Waals surface area (Å²) < 4.78 is 43.3. The van der Waals surface area contributed by atoms with Crippen molar-refractivity contribution >= 4 is 26.6 Å². The highest BCUT2D eigenvalue weighted by atomic mass is 32.2. The third-order valence-corrected chi connectivity index (χ3v) is 7.99. The van der Waals surface area contributed by atoms with E-state index in [2.05, 4.69) is 4.98 Å². The van der Waals surface area contributed by atoms with Crippen LogP contribution in [0.2, 0.25) is 0 Å². The van der Waals surface area contributed by atoms with Crippen LogP contribution in [0.5, 0.6) is 17.2 Å². The molecule has 1 saturated heterocycles. The van der Waals surface area contributed by atoms with Gasteiger partial charge in [0.05, 0.1) is 49.0 Å². The number of benzene rings is 3. The highest BCUT2D eigenvalue weighted by Crippen LogP contribution is 2.31. The third kappa shape index (κ3) is 4.95. The van der Waals surface area contributed by atoms with E-state index in [9.17, 15) is 13.2 Å². The average Bonchev–Trinajstić information content (AvgIpc) is 2.89. The number of hydrogen-bond acceptors (Lipinski definition) is 7. The highest BCUT2D eigenvalue weighted by molar-refractivity contribution is 7.90. The number of aromatic nitrogens is 1. The predicted molar refractivity (Wildman–Crippen MR) is 139 cm³/mol. The highest BCUT2D eigenvalue weighted by Gasteiger charge is 2.34. The molecule has 1 amide bonds. The number of methoxy groups -OCH3 is 2. The second kappa shape index (κ2) is 10.1. The molecule has 1 fully saturated rings. The molecule has 4 aromatic rings. The van der Waals surface area contributed by atoms with E-state index in [0.717, 1.165) is 5.39 Å². The fourth-order valence-corrected chi connectivity index (χ4v) is 5.90. The maximum Gasteiger partial charge on any atom is 0.257 e. The van der Waals surface area contributed by atoms with Gasteiger partial charge in [0.1, 0.15) is 11.9 Å². The number of nitrogens with zero attached hydrogens (tertiary/aromatic N) is 2. The summed E-state index contributed by atoms with van der Waals surface area (Å²) >= 11 is 0. The van der Waals surface area contributed by atoms with Gasteiger partial charge in [-0.25, -0.2) is 8.42 Å². The Balaban J connectivity index is 1.29. The number of rotatable bonds is 8. The van der Waals surface area contributed by atoms with Crippen LogP contribution >= 0.6 is 0 Å². The van der Waals surface area contributed by atoms with Crippen molar-refractivity contribution in [3.63, 3.8) is 0 Å². The number of carbonyl (C=O) groups excluding carboxylic acids is 1. The van der Waals surface area contributed by atoms with Gasteiger partial charge in [-0.05, 0) is 42.0 Å². The zero-order valence-corrected chi connectivity index (χ0v) is 21.3. The zero-order valence-electron chi connectivity index (χ0n) is 20.5. The number of pyridine rings is 1. The summed E-state index contributed by atoms with van der Waals surface area (Å²) in [5.74, 6) is 1.14. The zero-order chi connectivity index (χ0) is 26.0. The van der Waals surface area contributed by atoms with Gasteiger partial charge >= 0.3 is 0 Å². The van der Waals surface area contributed by atoms with E-state index in [1.54, 1.807) is 54.6 Å². The van der Waals surface area contributed by atoms with Crippen LogP contribution in [0.15, 0.2) is 83.9 Å². The third-order valence-electron chi connectivity index (χ3n) is 6.28. The van der Waals surface area contributed by atoms with Crippen molar-refractivity contribution in [2.24, 2.45) is 0 Å². The normalized spacial score (nSPS) is 13.7. The molecule has 0 unspecified atom stereocenters. The number of likely N-dealkylation sites (tertiary alicyclic amines) is 1. The van der Waals surface area contributed by atoms with Crippen molar-refractivity contribution in [3.8, 4) is 17.2 Å². The van der Waals surface area contributed by atoms with Crippen LogP contribution in [-0.2, 0) is 15.6 Å². The largest absolute Gasteiger partial charge is 0.496 e. The van der Waals surface area contributed by atoms with Crippen LogP contribution in [0.25, 0.3) is 10.9 Å². The summed E-state index contributed by atoms with van der Waals surface area (Å²) in [6.45, 7) is 0.842. The van der Waals surface area contributed by atoms with Gasteiger partial charge in [-0.1, -0.05) is 36.4 Å². The molecule has 1 aromatic heterocycles. The smallest absolute Gasteiger partial charge is 0.257 e. The lowest BCUT2D eigenvalue weighted by molar-refractivity contribution is 0.0166. The maximum atomic E-state index is 13.3. The number of fused-ring (bicyclic) bond motifs is 1. The van der Waals surface area contributed by atoms with Gasteiger partial charge in [0.15, 0.2) is 21.3 Å². The molecule has 8 nitrogen and oxygen atoms in total. The molecule has 0 atom stereocenters. The maximum absolute atomic E-state index is 13.3. The number of carbonyl (C=O) groups is 1. The Morgan fingerprint density at radius 2 is 1.65 bits per heavy atom. The summed E-state index contributed by atoms with van der Waals surface area (Å²) in [4.78, 5) is 19.2. The van der Waals surface area contributed by atoms with Gasteiger partial charge < -0.3 is 19.1 Å². The Labute approximate surface area is 215 Å². The second-order valence-electron chi connectivity index (χ2n) is 8.73. The molecule has 0 radical (unpaired) electrons. The molecule has 0 bridgehead atoms. The number of para-hydroxylation sites is 3. The van der Waals surface area contributed by atoms with Crippen LogP contribution in [0.3, 0.4) is 0 Å². The average molecular weight is 519 g/mol. The molecule has 190 valence electrons. The number of ether oxygens (including phenoxy) is 3. The van der Waals surface area contributed by atoms with Gasteiger partial charge in [0, 0.05) is 11.6 Å². The molecule has 0 saturated carbocycles. The molecule has 0 spiro atoms. The van der Waals surface area contributed by atoms with Crippen LogP contribution in [-0.4, -0.2) is 57.6 Å². The predicted octanol–water partition coefficient (Wildman–Crippen LogP) is 4.13. The lowest BCUT2D eigenvalue weighted by Crippen LogP contribution is -2.56. The molecule has 0 N–H and O–H groups in total. The lowest BCUT2D eigenvalue weighted by atomic mass is 10.1. The Morgan fingerprint density at radius 1 is 0.919 bits per heavy atom. The summed E-state index contributed by atoms with van der Waals surface area (Å²) in [7, 11) is -0.648.